The predicted octanol–water partition coefficient (Wildman–Crippen LogP) is 4.97. The van der Waals surface area contributed by atoms with Crippen LogP contribution in [0, 0.1) is 11.3 Å². The predicted molar refractivity (Wildman–Crippen MR) is 129 cm³/mol. The Hall–Kier alpha value is -3.23. The number of Topliss-reactive ketones (excluding diaryl/α,β-unsaturated/α-hetero) is 2. The van der Waals surface area contributed by atoms with Gasteiger partial charge in [-0.2, -0.15) is 5.26 Å². The number of nitriles is 1. The van der Waals surface area contributed by atoms with E-state index in [4.69, 9.17) is 4.74 Å². The number of benzene rings is 2. The van der Waals surface area contributed by atoms with Crippen molar-refractivity contribution in [3.63, 3.8) is 0 Å². The number of hydrogen-bond acceptors (Lipinski definition) is 5. The first-order valence-corrected chi connectivity index (χ1v) is 11.6. The number of ether oxygens (including phenoxy) is 1. The lowest BCUT2D eigenvalue weighted by Gasteiger charge is -2.35. The number of likely N-dealkylation sites (N-methyl/N-ethyl adjacent to an activating group) is 1. The van der Waals surface area contributed by atoms with Gasteiger partial charge in [-0.1, -0.05) is 33.8 Å². The van der Waals surface area contributed by atoms with Crippen LogP contribution < -0.4 is 4.74 Å². The lowest BCUT2D eigenvalue weighted by atomic mass is 9.68. The Morgan fingerprint density at radius 2 is 1.88 bits per heavy atom. The van der Waals surface area contributed by atoms with Crippen LogP contribution in [0.25, 0.3) is 5.57 Å². The molecule has 0 aliphatic heterocycles. The highest BCUT2D eigenvalue weighted by atomic mass is 16.5. The quantitative estimate of drug-likeness (QED) is 0.567. The average Bonchev–Trinajstić information content (AvgIpc) is 3.20. The minimum Gasteiger partial charge on any atom is -0.491 e. The van der Waals surface area contributed by atoms with Gasteiger partial charge in [0.15, 0.2) is 11.6 Å². The molecule has 2 aromatic carbocycles. The summed E-state index contributed by atoms with van der Waals surface area (Å²) in [5.74, 6) is 0.368. The fraction of sp³-hybridized carbons (Fsp3) is 0.393. The first-order chi connectivity index (χ1) is 15.7. The van der Waals surface area contributed by atoms with Crippen LogP contribution in [0.3, 0.4) is 0 Å². The second kappa shape index (κ2) is 8.61. The van der Waals surface area contributed by atoms with E-state index < -0.39 is 5.41 Å². The zero-order valence-electron chi connectivity index (χ0n) is 20.0. The molecule has 2 aromatic rings. The molecule has 0 spiro atoms. The molecule has 5 heteroatoms. The van der Waals surface area contributed by atoms with E-state index >= 15 is 0 Å². The van der Waals surface area contributed by atoms with Crippen LogP contribution in [0.4, 0.5) is 0 Å². The SMILES string of the molecule is CCN(CC)CCOc1cc2c(cc1C(C)=O)C(=O)C1=C(Cc3cc(C#N)ccc31)C2(C)C. The van der Waals surface area contributed by atoms with Gasteiger partial charge in [0.25, 0.3) is 0 Å². The van der Waals surface area contributed by atoms with Crippen molar-refractivity contribution in [1.82, 2.24) is 4.90 Å². The van der Waals surface area contributed by atoms with E-state index in [1.54, 1.807) is 12.1 Å². The standard InChI is InChI=1S/C28H30N2O3/c1-6-30(7-2)10-11-33-25-15-23-22(14-21(25)17(3)31)27(32)26-20-9-8-18(16-29)12-19(20)13-24(26)28(23,4)5/h8-9,12,14-15H,6-7,10-11,13H2,1-5H3. The number of fused-ring (bicyclic) bond motifs is 3. The minimum absolute atomic E-state index is 0.0556. The second-order valence-electron chi connectivity index (χ2n) is 9.29. The van der Waals surface area contributed by atoms with Crippen molar-refractivity contribution in [2.75, 3.05) is 26.2 Å². The monoisotopic (exact) mass is 442 g/mol. The summed E-state index contributed by atoms with van der Waals surface area (Å²) in [6.07, 6.45) is 0.644. The van der Waals surface area contributed by atoms with Gasteiger partial charge in [0, 0.05) is 23.1 Å². The summed E-state index contributed by atoms with van der Waals surface area (Å²) in [5, 5.41) is 9.29. The molecule has 0 aromatic heterocycles. The Morgan fingerprint density at radius 1 is 1.15 bits per heavy atom. The Morgan fingerprint density at radius 3 is 2.52 bits per heavy atom. The van der Waals surface area contributed by atoms with E-state index in [-0.39, 0.29) is 11.6 Å². The van der Waals surface area contributed by atoms with Crippen LogP contribution in [-0.2, 0) is 11.8 Å². The van der Waals surface area contributed by atoms with E-state index in [1.807, 2.05) is 18.2 Å². The molecule has 0 unspecified atom stereocenters. The van der Waals surface area contributed by atoms with Gasteiger partial charge in [0.2, 0.25) is 0 Å². The summed E-state index contributed by atoms with van der Waals surface area (Å²) < 4.78 is 6.10. The van der Waals surface area contributed by atoms with E-state index in [0.717, 1.165) is 47.5 Å². The summed E-state index contributed by atoms with van der Waals surface area (Å²) in [4.78, 5) is 28.4. The summed E-state index contributed by atoms with van der Waals surface area (Å²) in [5.41, 5.74) is 5.79. The van der Waals surface area contributed by atoms with E-state index in [2.05, 4.69) is 38.7 Å². The lowest BCUT2D eigenvalue weighted by Crippen LogP contribution is -2.31. The fourth-order valence-corrected chi connectivity index (χ4v) is 5.09. The first kappa shape index (κ1) is 22.9. The molecule has 170 valence electrons. The molecule has 0 fully saturated rings. The lowest BCUT2D eigenvalue weighted by molar-refractivity contribution is 0.101. The molecule has 0 heterocycles. The Kier molecular flexibility index (Phi) is 5.99. The highest BCUT2D eigenvalue weighted by Gasteiger charge is 2.43. The smallest absolute Gasteiger partial charge is 0.193 e. The summed E-state index contributed by atoms with van der Waals surface area (Å²) in [7, 11) is 0. The highest BCUT2D eigenvalue weighted by molar-refractivity contribution is 6.33. The van der Waals surface area contributed by atoms with Crippen LogP contribution in [0.15, 0.2) is 35.9 Å². The maximum absolute atomic E-state index is 13.7. The topological polar surface area (TPSA) is 70.4 Å². The van der Waals surface area contributed by atoms with Gasteiger partial charge in [-0.25, -0.2) is 0 Å². The number of carbonyl (C=O) groups is 2. The van der Waals surface area contributed by atoms with Gasteiger partial charge in [-0.15, -0.1) is 0 Å². The minimum atomic E-state index is -0.406. The molecule has 33 heavy (non-hydrogen) atoms. The maximum Gasteiger partial charge on any atom is 0.193 e. The number of allylic oxidation sites excluding steroid dienone is 2. The molecule has 0 amide bonds. The summed E-state index contributed by atoms with van der Waals surface area (Å²) in [6.45, 7) is 13.1. The number of rotatable bonds is 7. The molecule has 0 saturated carbocycles. The normalized spacial score (nSPS) is 15.7. The number of ketones is 2. The zero-order valence-corrected chi connectivity index (χ0v) is 20.0. The van der Waals surface area contributed by atoms with Crippen LogP contribution >= 0.6 is 0 Å². The van der Waals surface area contributed by atoms with Crippen molar-refractivity contribution in [2.24, 2.45) is 0 Å². The molecule has 4 rings (SSSR count). The molecule has 0 saturated heterocycles. The summed E-state index contributed by atoms with van der Waals surface area (Å²) >= 11 is 0. The third-order valence-electron chi connectivity index (χ3n) is 7.13. The molecule has 2 aliphatic carbocycles. The summed E-state index contributed by atoms with van der Waals surface area (Å²) in [6, 6.07) is 11.3. The highest BCUT2D eigenvalue weighted by Crippen LogP contribution is 2.51. The Labute approximate surface area is 195 Å². The van der Waals surface area contributed by atoms with E-state index in [9.17, 15) is 14.9 Å². The van der Waals surface area contributed by atoms with E-state index in [0.29, 0.717) is 35.5 Å². The van der Waals surface area contributed by atoms with Crippen molar-refractivity contribution < 1.29 is 14.3 Å². The van der Waals surface area contributed by atoms with Crippen molar-refractivity contribution in [1.29, 1.82) is 5.26 Å². The van der Waals surface area contributed by atoms with Gasteiger partial charge in [0.1, 0.15) is 12.4 Å². The zero-order chi connectivity index (χ0) is 23.9. The molecule has 5 nitrogen and oxygen atoms in total. The van der Waals surface area contributed by atoms with E-state index in [1.165, 1.54) is 6.92 Å². The maximum atomic E-state index is 13.7. The van der Waals surface area contributed by atoms with Crippen molar-refractivity contribution in [2.45, 2.75) is 46.5 Å². The molecular weight excluding hydrogens is 412 g/mol. The van der Waals surface area contributed by atoms with Crippen LogP contribution in [0.2, 0.25) is 0 Å². The molecular formula is C28H30N2O3. The van der Waals surface area contributed by atoms with Crippen molar-refractivity contribution in [3.8, 4) is 11.8 Å². The molecule has 0 N–H and O–H groups in total. The van der Waals surface area contributed by atoms with Gasteiger partial charge in [-0.05, 0) is 73.0 Å². The van der Waals surface area contributed by atoms with Gasteiger partial charge in [0.05, 0.1) is 17.2 Å². The van der Waals surface area contributed by atoms with Crippen LogP contribution in [-0.4, -0.2) is 42.7 Å². The molecule has 0 radical (unpaired) electrons. The number of nitrogens with zero attached hydrogens (tertiary/aromatic N) is 2. The second-order valence-corrected chi connectivity index (χ2v) is 9.29. The van der Waals surface area contributed by atoms with Crippen molar-refractivity contribution in [3.05, 3.63) is 69.3 Å². The first-order valence-electron chi connectivity index (χ1n) is 11.6. The third-order valence-corrected chi connectivity index (χ3v) is 7.13. The Balaban J connectivity index is 1.77. The van der Waals surface area contributed by atoms with Crippen molar-refractivity contribution >= 4 is 17.1 Å². The molecule has 0 atom stereocenters. The fourth-order valence-electron chi connectivity index (χ4n) is 5.09. The molecule has 0 bridgehead atoms. The molecule has 2 aliphatic rings. The van der Waals surface area contributed by atoms with Gasteiger partial charge < -0.3 is 9.64 Å². The van der Waals surface area contributed by atoms with Gasteiger partial charge >= 0.3 is 0 Å². The largest absolute Gasteiger partial charge is 0.491 e. The third kappa shape index (κ3) is 3.79. The average molecular weight is 443 g/mol. The number of carbonyl (C=O) groups excluding carboxylic acids is 2. The van der Waals surface area contributed by atoms with Crippen LogP contribution in [0.1, 0.15) is 77.6 Å². The van der Waals surface area contributed by atoms with Gasteiger partial charge in [-0.3, -0.25) is 9.59 Å². The number of hydrogen-bond donors (Lipinski definition) is 0. The van der Waals surface area contributed by atoms with Crippen LogP contribution in [0.5, 0.6) is 5.75 Å². The Bertz CT molecular complexity index is 1230.